The van der Waals surface area contributed by atoms with Gasteiger partial charge >= 0.3 is 0 Å². The summed E-state index contributed by atoms with van der Waals surface area (Å²) in [6, 6.07) is 7.68. The Morgan fingerprint density at radius 1 is 1.14 bits per heavy atom. The molecule has 0 radical (unpaired) electrons. The predicted molar refractivity (Wildman–Crippen MR) is 80.5 cm³/mol. The molecule has 1 N–H and O–H groups in total. The lowest BCUT2D eigenvalue weighted by Crippen LogP contribution is -2.14. The van der Waals surface area contributed by atoms with Gasteiger partial charge in [0.05, 0.1) is 19.7 Å². The molecule has 0 bridgehead atoms. The van der Waals surface area contributed by atoms with E-state index in [1.54, 1.807) is 11.0 Å². The number of benzene rings is 1. The van der Waals surface area contributed by atoms with E-state index in [9.17, 15) is 0 Å². The third kappa shape index (κ3) is 4.75. The second-order valence-corrected chi connectivity index (χ2v) is 4.43. The summed E-state index contributed by atoms with van der Waals surface area (Å²) < 4.78 is 13.1. The number of ether oxygens (including phenoxy) is 2. The van der Waals surface area contributed by atoms with Crippen LogP contribution in [-0.2, 0) is 13.1 Å². The molecule has 0 aliphatic carbocycles. The van der Waals surface area contributed by atoms with E-state index in [1.807, 2.05) is 31.2 Å². The lowest BCUT2D eigenvalue weighted by Gasteiger charge is -2.11. The molecule has 0 spiro atoms. The van der Waals surface area contributed by atoms with Crippen molar-refractivity contribution in [3.63, 3.8) is 0 Å². The monoisotopic (exact) mass is 290 g/mol. The zero-order valence-electron chi connectivity index (χ0n) is 12.6. The molecule has 1 aromatic carbocycles. The Balaban J connectivity index is 1.82. The van der Waals surface area contributed by atoms with Gasteiger partial charge in [0.1, 0.15) is 12.9 Å². The van der Waals surface area contributed by atoms with E-state index in [0.717, 1.165) is 23.9 Å². The fourth-order valence-electron chi connectivity index (χ4n) is 1.85. The van der Waals surface area contributed by atoms with Crippen molar-refractivity contribution in [1.82, 2.24) is 20.1 Å². The van der Waals surface area contributed by atoms with E-state index in [4.69, 9.17) is 9.47 Å². The number of nitrogens with one attached hydrogen (secondary N) is 1. The van der Waals surface area contributed by atoms with Crippen LogP contribution in [0.15, 0.2) is 30.6 Å². The number of para-hydroxylation sites is 2. The Morgan fingerprint density at radius 3 is 2.62 bits per heavy atom. The highest BCUT2D eigenvalue weighted by Gasteiger charge is 2.04. The Morgan fingerprint density at radius 2 is 1.90 bits per heavy atom. The zero-order chi connectivity index (χ0) is 14.9. The third-order valence-corrected chi connectivity index (χ3v) is 2.84. The summed E-state index contributed by atoms with van der Waals surface area (Å²) in [6.07, 6.45) is 1.73. The summed E-state index contributed by atoms with van der Waals surface area (Å²) in [7, 11) is 0. The Hall–Kier alpha value is -2.08. The molecular weight excluding hydrogens is 268 g/mol. The number of aromatic nitrogens is 3. The van der Waals surface area contributed by atoms with Crippen LogP contribution >= 0.6 is 0 Å². The Labute approximate surface area is 125 Å². The van der Waals surface area contributed by atoms with Gasteiger partial charge in [0.25, 0.3) is 0 Å². The van der Waals surface area contributed by atoms with Gasteiger partial charge in [-0.05, 0) is 25.6 Å². The lowest BCUT2D eigenvalue weighted by atomic mass is 10.3. The van der Waals surface area contributed by atoms with Gasteiger partial charge in [0, 0.05) is 0 Å². The fraction of sp³-hybridized carbons (Fsp3) is 0.467. The molecule has 0 saturated carbocycles. The first-order valence-corrected chi connectivity index (χ1v) is 7.27. The van der Waals surface area contributed by atoms with Crippen LogP contribution in [0.5, 0.6) is 11.5 Å². The molecule has 0 aliphatic heterocycles. The maximum atomic E-state index is 5.75. The number of hydrogen-bond donors (Lipinski definition) is 1. The van der Waals surface area contributed by atoms with Gasteiger partial charge in [0.15, 0.2) is 17.3 Å². The molecule has 1 heterocycles. The summed E-state index contributed by atoms with van der Waals surface area (Å²) in [5.41, 5.74) is 0. The number of rotatable bonds is 9. The highest BCUT2D eigenvalue weighted by molar-refractivity contribution is 5.39. The first kappa shape index (κ1) is 15.3. The van der Waals surface area contributed by atoms with Crippen molar-refractivity contribution < 1.29 is 9.47 Å². The molecule has 6 heteroatoms. The molecular formula is C15H22N4O2. The van der Waals surface area contributed by atoms with Crippen LogP contribution in [0.2, 0.25) is 0 Å². The first-order chi connectivity index (χ1) is 10.3. The summed E-state index contributed by atoms with van der Waals surface area (Å²) in [6.45, 7) is 7.41. The van der Waals surface area contributed by atoms with Crippen LogP contribution in [0.3, 0.4) is 0 Å². The predicted octanol–water partition coefficient (Wildman–Crippen LogP) is 1.87. The minimum atomic E-state index is 0.522. The molecule has 0 amide bonds. The Kier molecular flexibility index (Phi) is 6.02. The molecule has 0 atom stereocenters. The Bertz CT molecular complexity index is 542. The van der Waals surface area contributed by atoms with E-state index >= 15 is 0 Å². The topological polar surface area (TPSA) is 61.2 Å². The molecule has 114 valence electrons. The summed E-state index contributed by atoms with van der Waals surface area (Å²) in [5, 5.41) is 7.56. The van der Waals surface area contributed by atoms with Gasteiger partial charge in [-0.3, -0.25) is 0 Å². The van der Waals surface area contributed by atoms with Crippen molar-refractivity contribution in [2.45, 2.75) is 26.9 Å². The highest BCUT2D eigenvalue weighted by atomic mass is 16.5. The first-order valence-electron chi connectivity index (χ1n) is 7.27. The van der Waals surface area contributed by atoms with E-state index in [0.29, 0.717) is 26.3 Å². The van der Waals surface area contributed by atoms with Gasteiger partial charge in [0.2, 0.25) is 0 Å². The molecule has 0 unspecified atom stereocenters. The van der Waals surface area contributed by atoms with Crippen LogP contribution in [0.4, 0.5) is 0 Å². The van der Waals surface area contributed by atoms with Crippen LogP contribution < -0.4 is 14.8 Å². The minimum absolute atomic E-state index is 0.522. The largest absolute Gasteiger partial charge is 0.490 e. The SMILES string of the molecule is CCNCc1ncn(CCOc2ccccc2OCC)n1. The van der Waals surface area contributed by atoms with Crippen molar-refractivity contribution in [3.8, 4) is 11.5 Å². The van der Waals surface area contributed by atoms with Crippen molar-refractivity contribution in [3.05, 3.63) is 36.4 Å². The van der Waals surface area contributed by atoms with Crippen LogP contribution in [0.1, 0.15) is 19.7 Å². The molecule has 0 fully saturated rings. The maximum Gasteiger partial charge on any atom is 0.164 e. The van der Waals surface area contributed by atoms with E-state index < -0.39 is 0 Å². The molecule has 0 saturated heterocycles. The van der Waals surface area contributed by atoms with Crippen molar-refractivity contribution in [2.75, 3.05) is 19.8 Å². The van der Waals surface area contributed by atoms with Gasteiger partial charge in [-0.1, -0.05) is 19.1 Å². The van der Waals surface area contributed by atoms with Crippen LogP contribution in [0, 0.1) is 0 Å². The molecule has 2 rings (SSSR count). The van der Waals surface area contributed by atoms with Crippen molar-refractivity contribution in [2.24, 2.45) is 0 Å². The normalized spacial score (nSPS) is 10.6. The quantitative estimate of drug-likeness (QED) is 0.764. The van der Waals surface area contributed by atoms with E-state index in [2.05, 4.69) is 22.3 Å². The van der Waals surface area contributed by atoms with Gasteiger partial charge in [-0.2, -0.15) is 5.10 Å². The minimum Gasteiger partial charge on any atom is -0.490 e. The number of hydrogen-bond acceptors (Lipinski definition) is 5. The molecule has 21 heavy (non-hydrogen) atoms. The molecule has 1 aromatic heterocycles. The average molecular weight is 290 g/mol. The highest BCUT2D eigenvalue weighted by Crippen LogP contribution is 2.26. The van der Waals surface area contributed by atoms with Crippen molar-refractivity contribution in [1.29, 1.82) is 0 Å². The zero-order valence-corrected chi connectivity index (χ0v) is 12.6. The second-order valence-electron chi connectivity index (χ2n) is 4.43. The van der Waals surface area contributed by atoms with E-state index in [-0.39, 0.29) is 0 Å². The van der Waals surface area contributed by atoms with E-state index in [1.165, 1.54) is 0 Å². The van der Waals surface area contributed by atoms with Gasteiger partial charge in [-0.15, -0.1) is 0 Å². The fourth-order valence-corrected chi connectivity index (χ4v) is 1.85. The van der Waals surface area contributed by atoms with Crippen LogP contribution in [0.25, 0.3) is 0 Å². The summed E-state index contributed by atoms with van der Waals surface area (Å²) in [4.78, 5) is 4.24. The molecule has 6 nitrogen and oxygen atoms in total. The summed E-state index contributed by atoms with van der Waals surface area (Å²) >= 11 is 0. The average Bonchev–Trinajstić information content (AvgIpc) is 2.95. The molecule has 2 aromatic rings. The van der Waals surface area contributed by atoms with Crippen molar-refractivity contribution >= 4 is 0 Å². The molecule has 0 aliphatic rings. The maximum absolute atomic E-state index is 5.75. The smallest absolute Gasteiger partial charge is 0.164 e. The summed E-state index contributed by atoms with van der Waals surface area (Å²) in [5.74, 6) is 2.32. The van der Waals surface area contributed by atoms with Gasteiger partial charge in [-0.25, -0.2) is 9.67 Å². The standard InChI is InChI=1S/C15H22N4O2/c1-3-16-11-15-17-12-19(18-15)9-10-21-14-8-6-5-7-13(14)20-4-2/h5-8,12,16H,3-4,9-11H2,1-2H3. The number of nitrogens with zero attached hydrogens (tertiary/aromatic N) is 3. The van der Waals surface area contributed by atoms with Gasteiger partial charge < -0.3 is 14.8 Å². The van der Waals surface area contributed by atoms with Crippen LogP contribution in [-0.4, -0.2) is 34.5 Å². The second kappa shape index (κ2) is 8.26. The third-order valence-electron chi connectivity index (χ3n) is 2.84. The lowest BCUT2D eigenvalue weighted by molar-refractivity contribution is 0.262.